The fraction of sp³-hybridized carbons (Fsp3) is 0.417. The number of benzene rings is 1. The second kappa shape index (κ2) is 5.74. The molecule has 0 saturated carbocycles. The highest BCUT2D eigenvalue weighted by atomic mass is 16.6. The number of nitrogens with zero attached hydrogens (tertiary/aromatic N) is 1. The SMILES string of the molecule is CCC(N)CNc1cc2c(cc1[N+](=O)[O-])OCC(=O)N2. The van der Waals surface area contributed by atoms with Crippen LogP contribution in [0.2, 0.25) is 0 Å². The number of nitro benzene ring substituents is 1. The second-order valence-electron chi connectivity index (χ2n) is 4.51. The Morgan fingerprint density at radius 1 is 1.60 bits per heavy atom. The van der Waals surface area contributed by atoms with Gasteiger partial charge in [0.25, 0.3) is 11.6 Å². The van der Waals surface area contributed by atoms with Crippen LogP contribution in [-0.4, -0.2) is 30.0 Å². The Bertz CT molecular complexity index is 547. The summed E-state index contributed by atoms with van der Waals surface area (Å²) in [7, 11) is 0. The smallest absolute Gasteiger partial charge is 0.296 e. The van der Waals surface area contributed by atoms with Crippen molar-refractivity contribution in [2.45, 2.75) is 19.4 Å². The normalized spacial score (nSPS) is 14.8. The maximum Gasteiger partial charge on any atom is 0.296 e. The van der Waals surface area contributed by atoms with Gasteiger partial charge in [-0.25, -0.2) is 0 Å². The van der Waals surface area contributed by atoms with Crippen molar-refractivity contribution >= 4 is 23.0 Å². The van der Waals surface area contributed by atoms with Crippen molar-refractivity contribution in [3.63, 3.8) is 0 Å². The third kappa shape index (κ3) is 2.97. The van der Waals surface area contributed by atoms with Crippen molar-refractivity contribution in [2.75, 3.05) is 23.8 Å². The maximum absolute atomic E-state index is 11.3. The van der Waals surface area contributed by atoms with E-state index in [2.05, 4.69) is 10.6 Å². The van der Waals surface area contributed by atoms with Crippen molar-refractivity contribution in [3.05, 3.63) is 22.2 Å². The molecule has 0 aliphatic carbocycles. The fourth-order valence-corrected chi connectivity index (χ4v) is 1.79. The zero-order valence-corrected chi connectivity index (χ0v) is 11.0. The highest BCUT2D eigenvalue weighted by Gasteiger charge is 2.23. The number of carbonyl (C=O) groups is 1. The number of nitrogens with two attached hydrogens (primary N) is 1. The molecule has 8 heteroatoms. The molecule has 0 bridgehead atoms. The molecular weight excluding hydrogens is 264 g/mol. The first-order chi connectivity index (χ1) is 9.51. The van der Waals surface area contributed by atoms with Crippen molar-refractivity contribution in [2.24, 2.45) is 5.73 Å². The Hall–Kier alpha value is -2.35. The van der Waals surface area contributed by atoms with Gasteiger partial charge in [-0.15, -0.1) is 0 Å². The summed E-state index contributed by atoms with van der Waals surface area (Å²) in [5, 5.41) is 16.6. The summed E-state index contributed by atoms with van der Waals surface area (Å²) in [5.41, 5.74) is 6.40. The first kappa shape index (κ1) is 14.1. The van der Waals surface area contributed by atoms with Crippen molar-refractivity contribution < 1.29 is 14.5 Å². The van der Waals surface area contributed by atoms with Crippen LogP contribution in [0, 0.1) is 10.1 Å². The average molecular weight is 280 g/mol. The number of ether oxygens (including phenoxy) is 1. The number of hydrogen-bond donors (Lipinski definition) is 3. The molecule has 2 rings (SSSR count). The summed E-state index contributed by atoms with van der Waals surface area (Å²) in [4.78, 5) is 21.8. The predicted octanol–water partition coefficient (Wildman–Crippen LogP) is 1.07. The van der Waals surface area contributed by atoms with Gasteiger partial charge in [0.15, 0.2) is 12.4 Å². The topological polar surface area (TPSA) is 120 Å². The van der Waals surface area contributed by atoms with Crippen molar-refractivity contribution in [1.29, 1.82) is 0 Å². The minimum absolute atomic E-state index is 0.100. The highest BCUT2D eigenvalue weighted by Crippen LogP contribution is 2.37. The number of carbonyl (C=O) groups excluding carboxylic acids is 1. The largest absolute Gasteiger partial charge is 0.481 e. The van der Waals surface area contributed by atoms with E-state index in [1.807, 2.05) is 6.92 Å². The number of anilines is 2. The van der Waals surface area contributed by atoms with Gasteiger partial charge < -0.3 is 21.1 Å². The van der Waals surface area contributed by atoms with E-state index in [9.17, 15) is 14.9 Å². The molecule has 1 aromatic rings. The van der Waals surface area contributed by atoms with Gasteiger partial charge in [0, 0.05) is 12.6 Å². The van der Waals surface area contributed by atoms with Crippen molar-refractivity contribution in [3.8, 4) is 5.75 Å². The first-order valence-corrected chi connectivity index (χ1v) is 6.25. The molecule has 8 nitrogen and oxygen atoms in total. The van der Waals surface area contributed by atoms with Crippen LogP contribution < -0.4 is 21.1 Å². The molecule has 0 radical (unpaired) electrons. The van der Waals surface area contributed by atoms with Gasteiger partial charge in [-0.1, -0.05) is 6.92 Å². The molecule has 4 N–H and O–H groups in total. The van der Waals surface area contributed by atoms with Crippen LogP contribution in [-0.2, 0) is 4.79 Å². The standard InChI is InChI=1S/C12H16N4O4/c1-2-7(13)5-14-8-3-9-11(4-10(8)16(18)19)20-6-12(17)15-9/h3-4,7,14H,2,5-6,13H2,1H3,(H,15,17). The number of nitro groups is 1. The molecule has 1 unspecified atom stereocenters. The molecular formula is C12H16N4O4. The number of amides is 1. The van der Waals surface area contributed by atoms with Crippen molar-refractivity contribution in [1.82, 2.24) is 0 Å². The molecule has 108 valence electrons. The van der Waals surface area contributed by atoms with Crippen LogP contribution in [0.5, 0.6) is 5.75 Å². The van der Waals surface area contributed by atoms with E-state index in [1.165, 1.54) is 12.1 Å². The molecule has 1 aliphatic rings. The molecule has 0 fully saturated rings. The molecule has 1 heterocycles. The van der Waals surface area contributed by atoms with Gasteiger partial charge in [0.1, 0.15) is 5.69 Å². The van der Waals surface area contributed by atoms with Gasteiger partial charge in [-0.3, -0.25) is 14.9 Å². The Kier molecular flexibility index (Phi) is 4.04. The molecule has 20 heavy (non-hydrogen) atoms. The van der Waals surface area contributed by atoms with Gasteiger partial charge in [-0.2, -0.15) is 0 Å². The van der Waals surface area contributed by atoms with E-state index in [-0.39, 0.29) is 24.2 Å². The Morgan fingerprint density at radius 3 is 3.00 bits per heavy atom. The Balaban J connectivity index is 2.30. The summed E-state index contributed by atoms with van der Waals surface area (Å²) in [5.74, 6) is 0.00389. The van der Waals surface area contributed by atoms with Crippen LogP contribution >= 0.6 is 0 Å². The summed E-state index contributed by atoms with van der Waals surface area (Å²) < 4.78 is 5.16. The van der Waals surface area contributed by atoms with E-state index >= 15 is 0 Å². The third-order valence-electron chi connectivity index (χ3n) is 3.01. The van der Waals surface area contributed by atoms with Gasteiger partial charge in [-0.05, 0) is 12.5 Å². The third-order valence-corrected chi connectivity index (χ3v) is 3.01. The minimum Gasteiger partial charge on any atom is -0.481 e. The van der Waals surface area contributed by atoms with Gasteiger partial charge in [0.2, 0.25) is 0 Å². The van der Waals surface area contributed by atoms with E-state index in [1.54, 1.807) is 0 Å². The average Bonchev–Trinajstić information content (AvgIpc) is 2.43. The molecule has 1 aromatic carbocycles. The molecule has 0 spiro atoms. The lowest BCUT2D eigenvalue weighted by Crippen LogP contribution is -2.29. The zero-order chi connectivity index (χ0) is 14.7. The summed E-state index contributed by atoms with van der Waals surface area (Å²) in [6, 6.07) is 2.69. The summed E-state index contributed by atoms with van der Waals surface area (Å²) >= 11 is 0. The van der Waals surface area contributed by atoms with Gasteiger partial charge in [0.05, 0.1) is 16.7 Å². The number of hydrogen-bond acceptors (Lipinski definition) is 6. The molecule has 1 atom stereocenters. The van der Waals surface area contributed by atoms with E-state index in [0.29, 0.717) is 23.7 Å². The first-order valence-electron chi connectivity index (χ1n) is 6.25. The van der Waals surface area contributed by atoms with Crippen LogP contribution in [0.3, 0.4) is 0 Å². The van der Waals surface area contributed by atoms with E-state index in [0.717, 1.165) is 6.42 Å². The quantitative estimate of drug-likeness (QED) is 0.548. The minimum atomic E-state index is -0.500. The predicted molar refractivity (Wildman–Crippen MR) is 74.0 cm³/mol. The number of nitrogens with one attached hydrogen (secondary N) is 2. The fourth-order valence-electron chi connectivity index (χ4n) is 1.79. The zero-order valence-electron chi connectivity index (χ0n) is 11.0. The Morgan fingerprint density at radius 2 is 2.35 bits per heavy atom. The second-order valence-corrected chi connectivity index (χ2v) is 4.51. The summed E-state index contributed by atoms with van der Waals surface area (Å²) in [6.07, 6.45) is 0.756. The molecule has 0 saturated heterocycles. The molecule has 0 aromatic heterocycles. The highest BCUT2D eigenvalue weighted by molar-refractivity contribution is 5.96. The van der Waals surface area contributed by atoms with Crippen LogP contribution in [0.1, 0.15) is 13.3 Å². The maximum atomic E-state index is 11.3. The summed E-state index contributed by atoms with van der Waals surface area (Å²) in [6.45, 7) is 2.20. The van der Waals surface area contributed by atoms with Crippen LogP contribution in [0.4, 0.5) is 17.1 Å². The monoisotopic (exact) mass is 280 g/mol. The van der Waals surface area contributed by atoms with E-state index in [4.69, 9.17) is 10.5 Å². The lowest BCUT2D eigenvalue weighted by molar-refractivity contribution is -0.384. The Labute approximate surface area is 115 Å². The lowest BCUT2D eigenvalue weighted by Gasteiger charge is -2.19. The molecule has 1 amide bonds. The van der Waals surface area contributed by atoms with E-state index < -0.39 is 4.92 Å². The number of rotatable bonds is 5. The van der Waals surface area contributed by atoms with Crippen LogP contribution in [0.15, 0.2) is 12.1 Å². The molecule has 1 aliphatic heterocycles. The number of fused-ring (bicyclic) bond motifs is 1. The van der Waals surface area contributed by atoms with Gasteiger partial charge >= 0.3 is 0 Å². The lowest BCUT2D eigenvalue weighted by atomic mass is 10.2. The van der Waals surface area contributed by atoms with Crippen LogP contribution in [0.25, 0.3) is 0 Å².